The van der Waals surface area contributed by atoms with Crippen molar-refractivity contribution in [3.05, 3.63) is 23.5 Å². The smallest absolute Gasteiger partial charge is 0.265 e. The lowest BCUT2D eigenvalue weighted by molar-refractivity contribution is 0.0992. The Morgan fingerprint density at radius 3 is 2.73 bits per heavy atom. The highest BCUT2D eigenvalue weighted by Crippen LogP contribution is 2.03. The van der Waals surface area contributed by atoms with Crippen LogP contribution in [0.25, 0.3) is 0 Å². The molecule has 1 rings (SSSR count). The third-order valence-electron chi connectivity index (χ3n) is 1.45. The van der Waals surface area contributed by atoms with Gasteiger partial charge in [-0.3, -0.25) is 4.79 Å². The number of hydrogen-bond donors (Lipinski definition) is 2. The standard InChI is InChI=1S/C7H9N3O/c1-10-4-5(3-8)2-6(10)7(9)11/h2-4,8H,1H3,(H2,9,11). The molecule has 1 amide bonds. The van der Waals surface area contributed by atoms with Crippen LogP contribution in [0.3, 0.4) is 0 Å². The van der Waals surface area contributed by atoms with Gasteiger partial charge in [0.1, 0.15) is 5.69 Å². The first-order valence-corrected chi connectivity index (χ1v) is 3.12. The summed E-state index contributed by atoms with van der Waals surface area (Å²) in [5.41, 5.74) is 6.15. The Morgan fingerprint density at radius 2 is 2.45 bits per heavy atom. The Labute approximate surface area is 64.1 Å². The lowest BCUT2D eigenvalue weighted by Crippen LogP contribution is -2.14. The van der Waals surface area contributed by atoms with E-state index in [2.05, 4.69) is 0 Å². The molecule has 0 spiro atoms. The van der Waals surface area contributed by atoms with Gasteiger partial charge in [-0.15, -0.1) is 0 Å². The maximum atomic E-state index is 10.7. The van der Waals surface area contributed by atoms with Gasteiger partial charge in [0.2, 0.25) is 0 Å². The first kappa shape index (κ1) is 7.53. The summed E-state index contributed by atoms with van der Waals surface area (Å²) in [6.07, 6.45) is 2.85. The number of amides is 1. The predicted octanol–water partition coefficient (Wildman–Crippen LogP) is 0.122. The highest BCUT2D eigenvalue weighted by atomic mass is 16.1. The van der Waals surface area contributed by atoms with Gasteiger partial charge in [0, 0.05) is 25.0 Å². The van der Waals surface area contributed by atoms with Gasteiger partial charge in [0.05, 0.1) is 0 Å². The molecule has 0 unspecified atom stereocenters. The molecule has 0 radical (unpaired) electrons. The van der Waals surface area contributed by atoms with Gasteiger partial charge in [-0.2, -0.15) is 0 Å². The van der Waals surface area contributed by atoms with Crippen molar-refractivity contribution >= 4 is 12.1 Å². The first-order valence-electron chi connectivity index (χ1n) is 3.12. The SMILES string of the molecule is Cn1cc(C=N)cc1C(N)=O. The van der Waals surface area contributed by atoms with Crippen LogP contribution < -0.4 is 5.73 Å². The summed E-state index contributed by atoms with van der Waals surface area (Å²) in [6, 6.07) is 1.58. The highest BCUT2D eigenvalue weighted by Gasteiger charge is 2.05. The van der Waals surface area contributed by atoms with Crippen LogP contribution in [-0.2, 0) is 7.05 Å². The second-order valence-corrected chi connectivity index (χ2v) is 2.28. The Bertz CT molecular complexity index is 301. The van der Waals surface area contributed by atoms with E-state index in [4.69, 9.17) is 11.1 Å². The van der Waals surface area contributed by atoms with Gasteiger partial charge in [0.15, 0.2) is 0 Å². The molecule has 4 heteroatoms. The number of nitrogens with two attached hydrogens (primary N) is 1. The van der Waals surface area contributed by atoms with Crippen molar-refractivity contribution in [1.29, 1.82) is 5.41 Å². The van der Waals surface area contributed by atoms with Crippen molar-refractivity contribution in [2.45, 2.75) is 0 Å². The summed E-state index contributed by atoms with van der Waals surface area (Å²) < 4.78 is 1.60. The number of aromatic nitrogens is 1. The number of carbonyl (C=O) groups excluding carboxylic acids is 1. The average Bonchev–Trinajstić information content (AvgIpc) is 2.30. The molecule has 0 aliphatic heterocycles. The van der Waals surface area contributed by atoms with E-state index in [0.717, 1.165) is 0 Å². The molecule has 0 saturated carbocycles. The third kappa shape index (κ3) is 1.29. The van der Waals surface area contributed by atoms with Gasteiger partial charge in [0.25, 0.3) is 5.91 Å². The Hall–Kier alpha value is -1.58. The second-order valence-electron chi connectivity index (χ2n) is 2.28. The molecule has 1 aromatic rings. The Kier molecular flexibility index (Phi) is 1.76. The topological polar surface area (TPSA) is 71.9 Å². The number of nitrogens with zero attached hydrogens (tertiary/aromatic N) is 1. The van der Waals surface area contributed by atoms with Crippen LogP contribution in [0.1, 0.15) is 16.1 Å². The van der Waals surface area contributed by atoms with Crippen molar-refractivity contribution in [3.8, 4) is 0 Å². The molecule has 4 nitrogen and oxygen atoms in total. The molecule has 0 bridgehead atoms. The van der Waals surface area contributed by atoms with Crippen molar-refractivity contribution < 1.29 is 4.79 Å². The molecular weight excluding hydrogens is 142 g/mol. The number of aryl methyl sites for hydroxylation is 1. The normalized spacial score (nSPS) is 9.55. The van der Waals surface area contributed by atoms with Crippen LogP contribution >= 0.6 is 0 Å². The highest BCUT2D eigenvalue weighted by molar-refractivity contribution is 5.93. The summed E-state index contributed by atoms with van der Waals surface area (Å²) in [4.78, 5) is 10.7. The van der Waals surface area contributed by atoms with Gasteiger partial charge in [-0.05, 0) is 6.07 Å². The van der Waals surface area contributed by atoms with Gasteiger partial charge < -0.3 is 15.7 Å². The molecule has 0 saturated heterocycles. The van der Waals surface area contributed by atoms with Crippen LogP contribution in [0.4, 0.5) is 0 Å². The van der Waals surface area contributed by atoms with E-state index in [9.17, 15) is 4.79 Å². The minimum absolute atomic E-state index is 0.420. The fraction of sp³-hybridized carbons (Fsp3) is 0.143. The number of nitrogens with one attached hydrogen (secondary N) is 1. The Balaban J connectivity index is 3.16. The molecule has 1 aromatic heterocycles. The lowest BCUT2D eigenvalue weighted by Gasteiger charge is -1.94. The molecule has 58 valence electrons. The third-order valence-corrected chi connectivity index (χ3v) is 1.45. The number of rotatable bonds is 2. The predicted molar refractivity (Wildman–Crippen MR) is 41.8 cm³/mol. The van der Waals surface area contributed by atoms with Crippen molar-refractivity contribution in [2.24, 2.45) is 12.8 Å². The summed E-state index contributed by atoms with van der Waals surface area (Å²) in [6.45, 7) is 0. The molecule has 0 fully saturated rings. The van der Waals surface area contributed by atoms with E-state index >= 15 is 0 Å². The first-order chi connectivity index (χ1) is 5.15. The summed E-state index contributed by atoms with van der Waals surface area (Å²) in [5, 5.41) is 6.90. The zero-order chi connectivity index (χ0) is 8.43. The number of primary amides is 1. The monoisotopic (exact) mass is 151 g/mol. The summed E-state index contributed by atoms with van der Waals surface area (Å²) in [7, 11) is 1.72. The maximum absolute atomic E-state index is 10.7. The van der Waals surface area contributed by atoms with E-state index in [1.165, 1.54) is 6.21 Å². The molecule has 1 heterocycles. The van der Waals surface area contributed by atoms with E-state index < -0.39 is 5.91 Å². The zero-order valence-corrected chi connectivity index (χ0v) is 6.16. The Morgan fingerprint density at radius 1 is 1.82 bits per heavy atom. The largest absolute Gasteiger partial charge is 0.364 e. The fourth-order valence-electron chi connectivity index (χ4n) is 0.914. The van der Waals surface area contributed by atoms with Crippen molar-refractivity contribution in [2.75, 3.05) is 0 Å². The lowest BCUT2D eigenvalue weighted by atomic mass is 10.3. The molecule has 0 aliphatic rings. The quantitative estimate of drug-likeness (QED) is 0.579. The molecular formula is C7H9N3O. The number of hydrogen-bond acceptors (Lipinski definition) is 2. The molecule has 0 aromatic carbocycles. The van der Waals surface area contributed by atoms with Gasteiger partial charge >= 0.3 is 0 Å². The van der Waals surface area contributed by atoms with Crippen molar-refractivity contribution in [3.63, 3.8) is 0 Å². The number of carbonyl (C=O) groups is 1. The zero-order valence-electron chi connectivity index (χ0n) is 6.16. The minimum atomic E-state index is -0.472. The van der Waals surface area contributed by atoms with Crippen molar-refractivity contribution in [1.82, 2.24) is 4.57 Å². The van der Waals surface area contributed by atoms with Crippen LogP contribution in [-0.4, -0.2) is 16.7 Å². The van der Waals surface area contributed by atoms with Crippen LogP contribution in [0.2, 0.25) is 0 Å². The van der Waals surface area contributed by atoms with Crippen LogP contribution in [0, 0.1) is 5.41 Å². The van der Waals surface area contributed by atoms with E-state index in [1.54, 1.807) is 23.9 Å². The molecule has 0 aliphatic carbocycles. The summed E-state index contributed by atoms with van der Waals surface area (Å²) >= 11 is 0. The van der Waals surface area contributed by atoms with Crippen LogP contribution in [0.15, 0.2) is 12.3 Å². The van der Waals surface area contributed by atoms with Crippen LogP contribution in [0.5, 0.6) is 0 Å². The molecule has 11 heavy (non-hydrogen) atoms. The van der Waals surface area contributed by atoms with E-state index in [0.29, 0.717) is 11.3 Å². The van der Waals surface area contributed by atoms with E-state index in [1.807, 2.05) is 0 Å². The fourth-order valence-corrected chi connectivity index (χ4v) is 0.914. The average molecular weight is 151 g/mol. The maximum Gasteiger partial charge on any atom is 0.265 e. The van der Waals surface area contributed by atoms with E-state index in [-0.39, 0.29) is 0 Å². The van der Waals surface area contributed by atoms with Gasteiger partial charge in [-0.25, -0.2) is 0 Å². The minimum Gasteiger partial charge on any atom is -0.364 e. The second kappa shape index (κ2) is 2.57. The molecule has 3 N–H and O–H groups in total. The van der Waals surface area contributed by atoms with Gasteiger partial charge in [-0.1, -0.05) is 0 Å². The molecule has 0 atom stereocenters. The summed E-state index contributed by atoms with van der Waals surface area (Å²) in [5.74, 6) is -0.472.